The van der Waals surface area contributed by atoms with E-state index < -0.39 is 0 Å². The van der Waals surface area contributed by atoms with E-state index in [2.05, 4.69) is 45.4 Å². The molecule has 0 aromatic heterocycles. The quantitative estimate of drug-likeness (QED) is 0.802. The molecule has 0 bridgehead atoms. The molecule has 1 aromatic rings. The van der Waals surface area contributed by atoms with Gasteiger partial charge in [0.05, 0.1) is 0 Å². The van der Waals surface area contributed by atoms with Gasteiger partial charge in [-0.2, -0.15) is 0 Å². The molecule has 3 heterocycles. The van der Waals surface area contributed by atoms with Gasteiger partial charge in [0.25, 0.3) is 0 Å². The van der Waals surface area contributed by atoms with E-state index >= 15 is 0 Å². The van der Waals surface area contributed by atoms with Crippen molar-refractivity contribution in [3.8, 4) is 0 Å². The smallest absolute Gasteiger partial charge is 0.0470 e. The van der Waals surface area contributed by atoms with Crippen molar-refractivity contribution in [1.29, 1.82) is 0 Å². The molecule has 1 spiro atoms. The Bertz CT molecular complexity index is 612. The molecule has 2 atom stereocenters. The number of likely N-dealkylation sites (tertiary alicyclic amines) is 1. The van der Waals surface area contributed by atoms with Gasteiger partial charge in [-0.1, -0.05) is 56.7 Å². The summed E-state index contributed by atoms with van der Waals surface area (Å²) in [4.78, 5) is 5.74. The first-order valence-electron chi connectivity index (χ1n) is 12.1. The van der Waals surface area contributed by atoms with Crippen LogP contribution in [0.25, 0.3) is 0 Å². The molecule has 3 heteroatoms. The average Bonchev–Trinajstić information content (AvgIpc) is 3.35. The second-order valence-corrected chi connectivity index (χ2v) is 9.96. The molecule has 1 aromatic carbocycles. The highest BCUT2D eigenvalue weighted by molar-refractivity contribution is 5.52. The van der Waals surface area contributed by atoms with Gasteiger partial charge in [-0.15, -0.1) is 0 Å². The van der Waals surface area contributed by atoms with Crippen molar-refractivity contribution in [3.63, 3.8) is 0 Å². The fourth-order valence-corrected chi connectivity index (χ4v) is 7.03. The lowest BCUT2D eigenvalue weighted by Crippen LogP contribution is -2.58. The largest absolute Gasteiger partial charge is 0.365 e. The van der Waals surface area contributed by atoms with Crippen LogP contribution in [0.5, 0.6) is 0 Å². The highest BCUT2D eigenvalue weighted by Crippen LogP contribution is 2.49. The van der Waals surface area contributed by atoms with E-state index in [-0.39, 0.29) is 0 Å². The topological polar surface area (TPSA) is 18.5 Å². The Morgan fingerprint density at radius 1 is 0.821 bits per heavy atom. The molecule has 4 fully saturated rings. The van der Waals surface area contributed by atoms with Gasteiger partial charge < -0.3 is 15.1 Å². The van der Waals surface area contributed by atoms with Crippen molar-refractivity contribution in [2.45, 2.75) is 75.8 Å². The Labute approximate surface area is 171 Å². The maximum atomic E-state index is 3.72. The highest BCUT2D eigenvalue weighted by atomic mass is 15.3. The predicted molar refractivity (Wildman–Crippen MR) is 118 cm³/mol. The van der Waals surface area contributed by atoms with Crippen LogP contribution in [0.3, 0.4) is 0 Å². The first-order chi connectivity index (χ1) is 13.9. The van der Waals surface area contributed by atoms with E-state index in [1.165, 1.54) is 103 Å². The van der Waals surface area contributed by atoms with Crippen LogP contribution in [0, 0.1) is 11.8 Å². The van der Waals surface area contributed by atoms with Gasteiger partial charge in [-0.3, -0.25) is 0 Å². The molecular formula is C25H39N3. The number of piperidine rings is 1. The molecule has 1 aliphatic carbocycles. The summed E-state index contributed by atoms with van der Waals surface area (Å²) in [6.45, 7) is 6.35. The number of rotatable bonds is 2. The molecule has 154 valence electrons. The van der Waals surface area contributed by atoms with E-state index in [1.54, 1.807) is 0 Å². The maximum absolute atomic E-state index is 3.72. The maximum Gasteiger partial charge on any atom is 0.0470 e. The number of para-hydroxylation sites is 1. The molecule has 3 aliphatic heterocycles. The van der Waals surface area contributed by atoms with Gasteiger partial charge in [0.15, 0.2) is 0 Å². The molecule has 0 radical (unpaired) electrons. The second kappa shape index (κ2) is 8.36. The lowest BCUT2D eigenvalue weighted by molar-refractivity contribution is 0.0865. The summed E-state index contributed by atoms with van der Waals surface area (Å²) in [5, 5.41) is 3.72. The van der Waals surface area contributed by atoms with Crippen LogP contribution in [0.1, 0.15) is 64.2 Å². The highest BCUT2D eigenvalue weighted by Gasteiger charge is 2.56. The Morgan fingerprint density at radius 3 is 2.21 bits per heavy atom. The van der Waals surface area contributed by atoms with Crippen molar-refractivity contribution < 1.29 is 0 Å². The Morgan fingerprint density at radius 2 is 1.50 bits per heavy atom. The third kappa shape index (κ3) is 3.50. The summed E-state index contributed by atoms with van der Waals surface area (Å²) in [5.41, 5.74) is 1.86. The zero-order chi connectivity index (χ0) is 18.8. The minimum absolute atomic E-state index is 0.393. The number of fused-ring (bicyclic) bond motifs is 2. The lowest BCUT2D eigenvalue weighted by atomic mass is 9.74. The van der Waals surface area contributed by atoms with E-state index in [1.807, 2.05) is 0 Å². The molecule has 1 N–H and O–H groups in total. The Balaban J connectivity index is 1.32. The molecule has 5 rings (SSSR count). The Hall–Kier alpha value is -1.06. The summed E-state index contributed by atoms with van der Waals surface area (Å²) in [5.74, 6) is 1.69. The first-order valence-corrected chi connectivity index (χ1v) is 12.1. The fourth-order valence-electron chi connectivity index (χ4n) is 7.03. The molecular weight excluding hydrogens is 342 g/mol. The van der Waals surface area contributed by atoms with Gasteiger partial charge in [0.1, 0.15) is 0 Å². The van der Waals surface area contributed by atoms with E-state index in [0.29, 0.717) is 5.54 Å². The minimum atomic E-state index is 0.393. The van der Waals surface area contributed by atoms with Crippen LogP contribution in [0.4, 0.5) is 5.69 Å². The van der Waals surface area contributed by atoms with Crippen LogP contribution >= 0.6 is 0 Å². The summed E-state index contributed by atoms with van der Waals surface area (Å²) in [7, 11) is 0. The molecule has 3 nitrogen and oxygen atoms in total. The van der Waals surface area contributed by atoms with Gasteiger partial charge in [-0.05, 0) is 43.7 Å². The van der Waals surface area contributed by atoms with Crippen LogP contribution in [-0.4, -0.2) is 49.2 Å². The number of hydrogen-bond acceptors (Lipinski definition) is 3. The lowest BCUT2D eigenvalue weighted by Gasteiger charge is -2.50. The van der Waals surface area contributed by atoms with Crippen LogP contribution in [0.15, 0.2) is 30.3 Å². The van der Waals surface area contributed by atoms with Crippen molar-refractivity contribution >= 4 is 5.69 Å². The summed E-state index contributed by atoms with van der Waals surface area (Å²) in [6, 6.07) is 12.2. The normalized spacial score (nSPS) is 32.1. The third-order valence-corrected chi connectivity index (χ3v) is 8.56. The average molecular weight is 382 g/mol. The second-order valence-electron chi connectivity index (χ2n) is 9.96. The standard InChI is InChI=1S/C25H39N3/c1-2-4-7-11-22(10-6-3-1)27-16-14-25(15-17-27)24-19-26-18-21(24)20-28(25)23-12-8-5-9-13-23/h5,8-9,12-13,21-22,24,26H,1-4,6-7,10-11,14-20H2. The molecule has 2 unspecified atom stereocenters. The van der Waals surface area contributed by atoms with Gasteiger partial charge in [0.2, 0.25) is 0 Å². The number of hydrogen-bond donors (Lipinski definition) is 1. The van der Waals surface area contributed by atoms with Crippen LogP contribution in [-0.2, 0) is 0 Å². The van der Waals surface area contributed by atoms with Crippen LogP contribution < -0.4 is 10.2 Å². The van der Waals surface area contributed by atoms with Gasteiger partial charge in [-0.25, -0.2) is 0 Å². The van der Waals surface area contributed by atoms with Crippen molar-refractivity contribution in [2.75, 3.05) is 37.6 Å². The third-order valence-electron chi connectivity index (χ3n) is 8.56. The molecule has 1 saturated carbocycles. The number of anilines is 1. The van der Waals surface area contributed by atoms with Crippen molar-refractivity contribution in [3.05, 3.63) is 30.3 Å². The zero-order valence-electron chi connectivity index (χ0n) is 17.6. The summed E-state index contributed by atoms with van der Waals surface area (Å²) >= 11 is 0. The monoisotopic (exact) mass is 381 g/mol. The molecule has 4 aliphatic rings. The predicted octanol–water partition coefficient (Wildman–Crippen LogP) is 4.68. The number of nitrogens with zero attached hydrogens (tertiary/aromatic N) is 2. The van der Waals surface area contributed by atoms with E-state index in [9.17, 15) is 0 Å². The minimum Gasteiger partial charge on any atom is -0.365 e. The number of nitrogens with one attached hydrogen (secondary N) is 1. The number of benzene rings is 1. The summed E-state index contributed by atoms with van der Waals surface area (Å²) < 4.78 is 0. The SMILES string of the molecule is c1ccc(N2CC3CNCC3C23CCN(C2CCCCCCCC2)CC3)cc1. The molecule has 0 amide bonds. The zero-order valence-corrected chi connectivity index (χ0v) is 17.6. The fraction of sp³-hybridized carbons (Fsp3) is 0.760. The van der Waals surface area contributed by atoms with Gasteiger partial charge >= 0.3 is 0 Å². The van der Waals surface area contributed by atoms with E-state index in [4.69, 9.17) is 0 Å². The Kier molecular flexibility index (Phi) is 5.65. The van der Waals surface area contributed by atoms with E-state index in [0.717, 1.165) is 17.9 Å². The van der Waals surface area contributed by atoms with Crippen LogP contribution in [0.2, 0.25) is 0 Å². The first kappa shape index (κ1) is 18.9. The van der Waals surface area contributed by atoms with Crippen molar-refractivity contribution in [2.24, 2.45) is 11.8 Å². The molecule has 28 heavy (non-hydrogen) atoms. The van der Waals surface area contributed by atoms with Crippen molar-refractivity contribution in [1.82, 2.24) is 10.2 Å². The summed E-state index contributed by atoms with van der Waals surface area (Å²) in [6.07, 6.45) is 14.4. The molecule has 3 saturated heterocycles. The van der Waals surface area contributed by atoms with Gasteiger partial charge in [0, 0.05) is 55.9 Å².